The molecule has 0 spiro atoms. The maximum Gasteiger partial charge on any atom is 0.409 e. The topological polar surface area (TPSA) is 213 Å². The van der Waals surface area contributed by atoms with Crippen LogP contribution in [0, 0.1) is 11.3 Å². The molecule has 1 aromatic carbocycles. The van der Waals surface area contributed by atoms with E-state index in [1.54, 1.807) is 6.92 Å². The second kappa shape index (κ2) is 12.3. The number of primary amides is 1. The molecule has 1 aliphatic carbocycles. The lowest BCUT2D eigenvalue weighted by Crippen LogP contribution is -2.52. The SMILES string of the molecule is CCOC(=O)N1CCN(C(=O)C(CCC(=O)O)c2nc3cc(C#N)ccc3c(OC3(C(=O)O)CCC3)c2C(N)=O)CC1. The normalized spacial score (nSPS) is 16.6. The van der Waals surface area contributed by atoms with Crippen LogP contribution in [0.3, 0.4) is 0 Å². The number of amides is 3. The Bertz CT molecular complexity index is 1470. The van der Waals surface area contributed by atoms with Crippen LogP contribution in [0.2, 0.25) is 0 Å². The summed E-state index contributed by atoms with van der Waals surface area (Å²) in [7, 11) is 0. The quantitative estimate of drug-likeness (QED) is 0.368. The molecule has 4 rings (SSSR count). The van der Waals surface area contributed by atoms with Crippen molar-refractivity contribution < 1.29 is 43.7 Å². The molecule has 2 fully saturated rings. The number of hydrogen-bond acceptors (Lipinski definition) is 9. The number of carbonyl (C=O) groups excluding carboxylic acids is 3. The molecule has 222 valence electrons. The highest BCUT2D eigenvalue weighted by Gasteiger charge is 2.48. The van der Waals surface area contributed by atoms with Gasteiger partial charge in [0, 0.05) is 38.0 Å². The zero-order chi connectivity index (χ0) is 30.6. The van der Waals surface area contributed by atoms with E-state index in [1.807, 2.05) is 6.07 Å². The van der Waals surface area contributed by atoms with Crippen molar-refractivity contribution in [1.82, 2.24) is 14.8 Å². The van der Waals surface area contributed by atoms with E-state index in [-0.39, 0.29) is 85.5 Å². The van der Waals surface area contributed by atoms with Crippen LogP contribution in [0.15, 0.2) is 18.2 Å². The number of fused-ring (bicyclic) bond motifs is 1. The molecule has 1 unspecified atom stereocenters. The molecule has 0 radical (unpaired) electrons. The molecule has 14 heteroatoms. The van der Waals surface area contributed by atoms with E-state index < -0.39 is 47.8 Å². The summed E-state index contributed by atoms with van der Waals surface area (Å²) in [5.74, 6) is -5.48. The molecule has 4 N–H and O–H groups in total. The molecule has 1 atom stereocenters. The fourth-order valence-electron chi connectivity index (χ4n) is 5.16. The molecule has 2 aromatic rings. The molecule has 1 saturated carbocycles. The van der Waals surface area contributed by atoms with E-state index in [2.05, 4.69) is 4.98 Å². The Balaban J connectivity index is 1.84. The first-order chi connectivity index (χ1) is 20.0. The number of nitrogens with two attached hydrogens (primary N) is 1. The number of nitrogens with zero attached hydrogens (tertiary/aromatic N) is 4. The molecule has 2 heterocycles. The first-order valence-electron chi connectivity index (χ1n) is 13.5. The van der Waals surface area contributed by atoms with Gasteiger partial charge in [0.15, 0.2) is 0 Å². The molecule has 1 aromatic heterocycles. The number of ether oxygens (including phenoxy) is 2. The Morgan fingerprint density at radius 2 is 1.79 bits per heavy atom. The first-order valence-corrected chi connectivity index (χ1v) is 13.5. The van der Waals surface area contributed by atoms with Crippen LogP contribution in [0.4, 0.5) is 4.79 Å². The highest BCUT2D eigenvalue weighted by Crippen LogP contribution is 2.43. The minimum Gasteiger partial charge on any atom is -0.481 e. The van der Waals surface area contributed by atoms with Gasteiger partial charge in [0.2, 0.25) is 11.5 Å². The lowest BCUT2D eigenvalue weighted by Gasteiger charge is -2.39. The number of aromatic nitrogens is 1. The molecule has 14 nitrogen and oxygen atoms in total. The monoisotopic (exact) mass is 581 g/mol. The maximum atomic E-state index is 13.9. The van der Waals surface area contributed by atoms with Gasteiger partial charge in [0.05, 0.1) is 35.4 Å². The molecule has 2 aliphatic rings. The van der Waals surface area contributed by atoms with Gasteiger partial charge in [-0.1, -0.05) is 0 Å². The number of aliphatic carboxylic acids is 2. The smallest absolute Gasteiger partial charge is 0.409 e. The number of hydrogen-bond donors (Lipinski definition) is 3. The Hall–Kier alpha value is -4.93. The number of nitriles is 1. The van der Waals surface area contributed by atoms with Crippen molar-refractivity contribution in [2.75, 3.05) is 32.8 Å². The summed E-state index contributed by atoms with van der Waals surface area (Å²) >= 11 is 0. The van der Waals surface area contributed by atoms with Crippen molar-refractivity contribution in [3.8, 4) is 11.8 Å². The number of rotatable bonds is 10. The van der Waals surface area contributed by atoms with Gasteiger partial charge in [0.1, 0.15) is 11.3 Å². The summed E-state index contributed by atoms with van der Waals surface area (Å²) in [5.41, 5.74) is 4.04. The summed E-state index contributed by atoms with van der Waals surface area (Å²) in [6.45, 7) is 2.45. The molecular formula is C28H31N5O9. The van der Waals surface area contributed by atoms with Crippen LogP contribution in [0.25, 0.3) is 10.9 Å². The second-order valence-electron chi connectivity index (χ2n) is 10.2. The van der Waals surface area contributed by atoms with Crippen molar-refractivity contribution in [2.24, 2.45) is 5.73 Å². The summed E-state index contributed by atoms with van der Waals surface area (Å²) in [6.07, 6.45) is -0.316. The molecular weight excluding hydrogens is 550 g/mol. The number of carboxylic acid groups (broad SMARTS) is 2. The van der Waals surface area contributed by atoms with Gasteiger partial charge < -0.3 is 35.2 Å². The van der Waals surface area contributed by atoms with E-state index in [9.17, 15) is 39.4 Å². The molecule has 0 bridgehead atoms. The van der Waals surface area contributed by atoms with Crippen molar-refractivity contribution in [3.63, 3.8) is 0 Å². The van der Waals surface area contributed by atoms with Gasteiger partial charge in [-0.2, -0.15) is 5.26 Å². The lowest BCUT2D eigenvalue weighted by molar-refractivity contribution is -0.163. The van der Waals surface area contributed by atoms with Gasteiger partial charge in [-0.3, -0.25) is 19.4 Å². The van der Waals surface area contributed by atoms with Crippen LogP contribution in [-0.2, 0) is 19.1 Å². The molecule has 3 amide bonds. The number of carboxylic acids is 2. The first kappa shape index (κ1) is 30.0. The standard InChI is InChI=1S/C28H31N5O9/c1-2-41-27(40)33-12-10-32(11-13-33)25(37)18(6-7-20(34)35)22-21(24(30)36)23(42-28(26(38)39)8-3-9-28)17-5-4-16(15-29)14-19(17)31-22/h4-5,14,18H,2-3,6-13H2,1H3,(H2,30,36)(H,34,35)(H,38,39). The van der Waals surface area contributed by atoms with Gasteiger partial charge in [-0.15, -0.1) is 0 Å². The molecule has 1 aliphatic heterocycles. The predicted octanol–water partition coefficient (Wildman–Crippen LogP) is 1.84. The van der Waals surface area contributed by atoms with Crippen LogP contribution in [0.1, 0.15) is 66.6 Å². The Morgan fingerprint density at radius 3 is 2.31 bits per heavy atom. The lowest BCUT2D eigenvalue weighted by atomic mass is 9.80. The third kappa shape index (κ3) is 5.90. The number of pyridine rings is 1. The van der Waals surface area contributed by atoms with Gasteiger partial charge in [-0.25, -0.2) is 9.59 Å². The van der Waals surface area contributed by atoms with Crippen molar-refractivity contribution in [1.29, 1.82) is 5.26 Å². The van der Waals surface area contributed by atoms with Crippen molar-refractivity contribution >= 4 is 40.7 Å². The van der Waals surface area contributed by atoms with Crippen LogP contribution < -0.4 is 10.5 Å². The average Bonchev–Trinajstić information content (AvgIpc) is 2.93. The number of carbonyl (C=O) groups is 5. The largest absolute Gasteiger partial charge is 0.481 e. The van der Waals surface area contributed by atoms with Crippen molar-refractivity contribution in [2.45, 2.75) is 50.5 Å². The number of benzene rings is 1. The van der Waals surface area contributed by atoms with Gasteiger partial charge >= 0.3 is 18.0 Å². The molecule has 42 heavy (non-hydrogen) atoms. The van der Waals surface area contributed by atoms with E-state index >= 15 is 0 Å². The van der Waals surface area contributed by atoms with Gasteiger partial charge in [0.25, 0.3) is 5.91 Å². The Labute approximate surface area is 240 Å². The zero-order valence-corrected chi connectivity index (χ0v) is 23.0. The molecule has 1 saturated heterocycles. The van der Waals surface area contributed by atoms with Crippen LogP contribution in [0.5, 0.6) is 5.75 Å². The zero-order valence-electron chi connectivity index (χ0n) is 23.0. The fourth-order valence-corrected chi connectivity index (χ4v) is 5.16. The highest BCUT2D eigenvalue weighted by molar-refractivity contribution is 6.05. The van der Waals surface area contributed by atoms with Crippen LogP contribution >= 0.6 is 0 Å². The third-order valence-corrected chi connectivity index (χ3v) is 7.58. The summed E-state index contributed by atoms with van der Waals surface area (Å²) in [5, 5.41) is 29.1. The predicted molar refractivity (Wildman–Crippen MR) is 145 cm³/mol. The van der Waals surface area contributed by atoms with E-state index in [0.717, 1.165) is 0 Å². The summed E-state index contributed by atoms with van der Waals surface area (Å²) in [6, 6.07) is 6.30. The van der Waals surface area contributed by atoms with Crippen molar-refractivity contribution in [3.05, 3.63) is 35.0 Å². The minimum absolute atomic E-state index is 0.116. The fraction of sp³-hybridized carbons (Fsp3) is 0.464. The third-order valence-electron chi connectivity index (χ3n) is 7.58. The number of piperazine rings is 1. The minimum atomic E-state index is -1.63. The average molecular weight is 582 g/mol. The van der Waals surface area contributed by atoms with Crippen LogP contribution in [-0.4, -0.2) is 93.2 Å². The Morgan fingerprint density at radius 1 is 1.12 bits per heavy atom. The van der Waals surface area contributed by atoms with E-state index in [4.69, 9.17) is 15.2 Å². The summed E-state index contributed by atoms with van der Waals surface area (Å²) in [4.78, 5) is 70.3. The second-order valence-corrected chi connectivity index (χ2v) is 10.2. The maximum absolute atomic E-state index is 13.9. The van der Waals surface area contributed by atoms with E-state index in [1.165, 1.54) is 28.0 Å². The Kier molecular flexibility index (Phi) is 8.79. The van der Waals surface area contributed by atoms with E-state index in [0.29, 0.717) is 6.42 Å². The summed E-state index contributed by atoms with van der Waals surface area (Å²) < 4.78 is 11.1. The highest BCUT2D eigenvalue weighted by atomic mass is 16.6. The van der Waals surface area contributed by atoms with Gasteiger partial charge in [-0.05, 0) is 50.8 Å².